The van der Waals surface area contributed by atoms with E-state index in [1.807, 2.05) is 0 Å². The molecule has 2 N–H and O–H groups in total. The summed E-state index contributed by atoms with van der Waals surface area (Å²) >= 11 is 0. The summed E-state index contributed by atoms with van der Waals surface area (Å²) in [4.78, 5) is 0. The van der Waals surface area contributed by atoms with Crippen LogP contribution in [0.5, 0.6) is 0 Å². The summed E-state index contributed by atoms with van der Waals surface area (Å²) in [6.07, 6.45) is 6.17. The van der Waals surface area contributed by atoms with Gasteiger partial charge in [0.25, 0.3) is 0 Å². The quantitative estimate of drug-likeness (QED) is 0.706. The zero-order chi connectivity index (χ0) is 11.1. The molecule has 3 nitrogen and oxygen atoms in total. The SMILES string of the molecule is CCC1CCCC(NCC(O)COC)C1. The van der Waals surface area contributed by atoms with Gasteiger partial charge in [0.15, 0.2) is 0 Å². The number of methoxy groups -OCH3 is 1. The van der Waals surface area contributed by atoms with E-state index < -0.39 is 0 Å². The Morgan fingerprint density at radius 2 is 2.27 bits per heavy atom. The Balaban J connectivity index is 2.14. The second kappa shape index (κ2) is 7.20. The summed E-state index contributed by atoms with van der Waals surface area (Å²) in [5.74, 6) is 0.885. The molecule has 1 aliphatic carbocycles. The van der Waals surface area contributed by atoms with Gasteiger partial charge in [-0.25, -0.2) is 0 Å². The maximum atomic E-state index is 9.52. The largest absolute Gasteiger partial charge is 0.389 e. The summed E-state index contributed by atoms with van der Waals surface area (Å²) < 4.78 is 4.90. The molecule has 0 spiro atoms. The molecule has 3 unspecified atom stereocenters. The third-order valence-corrected chi connectivity index (χ3v) is 3.36. The van der Waals surface area contributed by atoms with E-state index in [-0.39, 0.29) is 6.10 Å². The first-order valence-electron chi connectivity index (χ1n) is 6.16. The molecule has 90 valence electrons. The molecule has 3 heteroatoms. The molecule has 0 amide bonds. The average Bonchev–Trinajstić information content (AvgIpc) is 2.27. The van der Waals surface area contributed by atoms with Crippen LogP contribution < -0.4 is 5.32 Å². The van der Waals surface area contributed by atoms with Gasteiger partial charge in [-0.1, -0.05) is 26.2 Å². The lowest BCUT2D eigenvalue weighted by Crippen LogP contribution is -2.39. The summed E-state index contributed by atoms with van der Waals surface area (Å²) in [7, 11) is 1.62. The van der Waals surface area contributed by atoms with Crippen molar-refractivity contribution < 1.29 is 9.84 Å². The van der Waals surface area contributed by atoms with Gasteiger partial charge in [-0.2, -0.15) is 0 Å². The van der Waals surface area contributed by atoms with Crippen molar-refractivity contribution in [2.75, 3.05) is 20.3 Å². The van der Waals surface area contributed by atoms with Crippen LogP contribution in [0.1, 0.15) is 39.0 Å². The maximum Gasteiger partial charge on any atom is 0.0897 e. The first-order valence-corrected chi connectivity index (χ1v) is 6.16. The van der Waals surface area contributed by atoms with E-state index in [9.17, 15) is 5.11 Å². The fourth-order valence-electron chi connectivity index (χ4n) is 2.40. The highest BCUT2D eigenvalue weighted by Gasteiger charge is 2.20. The number of aliphatic hydroxyl groups excluding tert-OH is 1. The summed E-state index contributed by atoms with van der Waals surface area (Å²) in [6, 6.07) is 0.607. The van der Waals surface area contributed by atoms with Crippen LogP contribution in [0.3, 0.4) is 0 Å². The van der Waals surface area contributed by atoms with Crippen LogP contribution in [0.15, 0.2) is 0 Å². The minimum absolute atomic E-state index is 0.364. The van der Waals surface area contributed by atoms with Crippen molar-refractivity contribution in [1.29, 1.82) is 0 Å². The second-order valence-corrected chi connectivity index (χ2v) is 4.66. The summed E-state index contributed by atoms with van der Waals surface area (Å²) in [5, 5.41) is 13.0. The Bertz CT molecular complexity index is 164. The molecular formula is C12H25NO2. The fraction of sp³-hybridized carbons (Fsp3) is 1.00. The lowest BCUT2D eigenvalue weighted by molar-refractivity contribution is 0.0609. The third kappa shape index (κ3) is 4.96. The number of aliphatic hydroxyl groups is 1. The first-order chi connectivity index (χ1) is 7.26. The van der Waals surface area contributed by atoms with Crippen LogP contribution in [0.25, 0.3) is 0 Å². The van der Waals surface area contributed by atoms with E-state index in [2.05, 4.69) is 12.2 Å². The lowest BCUT2D eigenvalue weighted by Gasteiger charge is -2.29. The standard InChI is InChI=1S/C12H25NO2/c1-3-10-5-4-6-11(7-10)13-8-12(14)9-15-2/h10-14H,3-9H2,1-2H3. The molecule has 0 bridgehead atoms. The molecule has 1 fully saturated rings. The van der Waals surface area contributed by atoms with Gasteiger partial charge in [0.2, 0.25) is 0 Å². The summed E-state index contributed by atoms with van der Waals surface area (Å²) in [5.41, 5.74) is 0. The van der Waals surface area contributed by atoms with Crippen molar-refractivity contribution in [3.8, 4) is 0 Å². The van der Waals surface area contributed by atoms with E-state index in [0.29, 0.717) is 19.2 Å². The third-order valence-electron chi connectivity index (χ3n) is 3.36. The molecule has 0 aromatic heterocycles. The Labute approximate surface area is 93.2 Å². The topological polar surface area (TPSA) is 41.5 Å². The molecule has 0 aromatic carbocycles. The number of hydrogen-bond acceptors (Lipinski definition) is 3. The van der Waals surface area contributed by atoms with Crippen LogP contribution in [0.4, 0.5) is 0 Å². The smallest absolute Gasteiger partial charge is 0.0897 e. The Morgan fingerprint density at radius 1 is 1.47 bits per heavy atom. The van der Waals surface area contributed by atoms with Gasteiger partial charge >= 0.3 is 0 Å². The highest BCUT2D eigenvalue weighted by Crippen LogP contribution is 2.26. The number of hydrogen-bond donors (Lipinski definition) is 2. The fourth-order valence-corrected chi connectivity index (χ4v) is 2.40. The van der Waals surface area contributed by atoms with E-state index in [1.165, 1.54) is 32.1 Å². The van der Waals surface area contributed by atoms with Gasteiger partial charge in [-0.05, 0) is 18.8 Å². The monoisotopic (exact) mass is 215 g/mol. The molecule has 0 heterocycles. The van der Waals surface area contributed by atoms with E-state index in [4.69, 9.17) is 4.74 Å². The predicted octanol–water partition coefficient (Wildman–Crippen LogP) is 1.55. The Hall–Kier alpha value is -0.120. The van der Waals surface area contributed by atoms with Crippen molar-refractivity contribution in [3.63, 3.8) is 0 Å². The van der Waals surface area contributed by atoms with Gasteiger partial charge in [0, 0.05) is 19.7 Å². The Morgan fingerprint density at radius 3 is 2.93 bits per heavy atom. The minimum atomic E-state index is -0.364. The number of nitrogens with one attached hydrogen (secondary N) is 1. The van der Waals surface area contributed by atoms with Gasteiger partial charge < -0.3 is 15.2 Å². The highest BCUT2D eigenvalue weighted by atomic mass is 16.5. The minimum Gasteiger partial charge on any atom is -0.389 e. The molecule has 3 atom stereocenters. The highest BCUT2D eigenvalue weighted by molar-refractivity contribution is 4.78. The molecule has 0 aromatic rings. The van der Waals surface area contributed by atoms with Crippen molar-refractivity contribution in [1.82, 2.24) is 5.32 Å². The first kappa shape index (κ1) is 12.9. The zero-order valence-electron chi connectivity index (χ0n) is 10.0. The molecule has 0 aliphatic heterocycles. The van der Waals surface area contributed by atoms with Crippen molar-refractivity contribution in [2.24, 2.45) is 5.92 Å². The molecular weight excluding hydrogens is 190 g/mol. The van der Waals surface area contributed by atoms with Gasteiger partial charge in [-0.3, -0.25) is 0 Å². The van der Waals surface area contributed by atoms with Crippen molar-refractivity contribution >= 4 is 0 Å². The van der Waals surface area contributed by atoms with Crippen LogP contribution in [-0.2, 0) is 4.74 Å². The maximum absolute atomic E-state index is 9.52. The zero-order valence-corrected chi connectivity index (χ0v) is 10.0. The molecule has 15 heavy (non-hydrogen) atoms. The van der Waals surface area contributed by atoms with Crippen molar-refractivity contribution in [3.05, 3.63) is 0 Å². The molecule has 0 saturated heterocycles. The van der Waals surface area contributed by atoms with Crippen LogP contribution >= 0.6 is 0 Å². The molecule has 0 radical (unpaired) electrons. The second-order valence-electron chi connectivity index (χ2n) is 4.66. The molecule has 1 aliphatic rings. The van der Waals surface area contributed by atoms with E-state index in [0.717, 1.165) is 5.92 Å². The Kier molecular flexibility index (Phi) is 6.22. The van der Waals surface area contributed by atoms with Crippen LogP contribution in [0, 0.1) is 5.92 Å². The van der Waals surface area contributed by atoms with Crippen LogP contribution in [-0.4, -0.2) is 37.5 Å². The average molecular weight is 215 g/mol. The van der Waals surface area contributed by atoms with Gasteiger partial charge in [-0.15, -0.1) is 0 Å². The molecule has 1 rings (SSSR count). The number of ether oxygens (including phenoxy) is 1. The predicted molar refractivity (Wildman–Crippen MR) is 61.9 cm³/mol. The normalized spacial score (nSPS) is 29.0. The van der Waals surface area contributed by atoms with Crippen molar-refractivity contribution in [2.45, 2.75) is 51.2 Å². The number of rotatable bonds is 6. The van der Waals surface area contributed by atoms with Gasteiger partial charge in [0.1, 0.15) is 0 Å². The summed E-state index contributed by atoms with van der Waals surface area (Å²) in [6.45, 7) is 3.36. The van der Waals surface area contributed by atoms with E-state index in [1.54, 1.807) is 7.11 Å². The van der Waals surface area contributed by atoms with E-state index >= 15 is 0 Å². The molecule has 1 saturated carbocycles. The van der Waals surface area contributed by atoms with Gasteiger partial charge in [0.05, 0.1) is 12.7 Å². The lowest BCUT2D eigenvalue weighted by atomic mass is 9.84. The van der Waals surface area contributed by atoms with Crippen LogP contribution in [0.2, 0.25) is 0 Å².